The number of halogens is 2. The van der Waals surface area contributed by atoms with Crippen LogP contribution in [0.4, 0.5) is 8.78 Å². The minimum atomic E-state index is -0.691. The first-order valence-electron chi connectivity index (χ1n) is 8.28. The maximum absolute atomic E-state index is 14.3. The van der Waals surface area contributed by atoms with E-state index in [0.717, 1.165) is 24.8 Å². The van der Waals surface area contributed by atoms with Crippen molar-refractivity contribution in [2.45, 2.75) is 52.0 Å². The molecule has 2 saturated carbocycles. The molecule has 0 aromatic heterocycles. The summed E-state index contributed by atoms with van der Waals surface area (Å²) in [5.41, 5.74) is 0.883. The minimum absolute atomic E-state index is 0.0607. The fraction of sp³-hybridized carbons (Fsp3) is 0.667. The van der Waals surface area contributed by atoms with Crippen LogP contribution in [0.1, 0.15) is 56.2 Å². The molecular formula is C18H25F2N. The van der Waals surface area contributed by atoms with Crippen LogP contribution < -0.4 is 5.32 Å². The van der Waals surface area contributed by atoms with Gasteiger partial charge >= 0.3 is 0 Å². The molecule has 0 radical (unpaired) electrons. The van der Waals surface area contributed by atoms with Crippen molar-refractivity contribution in [2.75, 3.05) is 6.54 Å². The number of rotatable bonds is 5. The van der Waals surface area contributed by atoms with Crippen LogP contribution in [-0.4, -0.2) is 6.54 Å². The molecule has 3 rings (SSSR count). The van der Waals surface area contributed by atoms with Crippen LogP contribution >= 0.6 is 0 Å². The lowest BCUT2D eigenvalue weighted by molar-refractivity contribution is 0.277. The van der Waals surface area contributed by atoms with Crippen molar-refractivity contribution in [3.8, 4) is 0 Å². The van der Waals surface area contributed by atoms with Crippen LogP contribution in [0.2, 0.25) is 0 Å². The van der Waals surface area contributed by atoms with Crippen LogP contribution in [0.5, 0.6) is 0 Å². The van der Waals surface area contributed by atoms with E-state index in [1.54, 1.807) is 19.1 Å². The molecule has 2 fully saturated rings. The molecule has 4 unspecified atom stereocenters. The predicted molar refractivity (Wildman–Crippen MR) is 81.1 cm³/mol. The van der Waals surface area contributed by atoms with E-state index in [1.165, 1.54) is 25.7 Å². The quantitative estimate of drug-likeness (QED) is 0.826. The Balaban J connectivity index is 1.79. The van der Waals surface area contributed by atoms with Gasteiger partial charge in [-0.05, 0) is 62.5 Å². The molecule has 2 aliphatic rings. The Kier molecular flexibility index (Phi) is 4.30. The first-order chi connectivity index (χ1) is 10.1. The largest absolute Gasteiger partial charge is 0.310 e. The molecule has 0 aliphatic heterocycles. The van der Waals surface area contributed by atoms with Gasteiger partial charge in [0.25, 0.3) is 0 Å². The topological polar surface area (TPSA) is 12.0 Å². The van der Waals surface area contributed by atoms with E-state index >= 15 is 0 Å². The third kappa shape index (κ3) is 2.85. The first kappa shape index (κ1) is 15.0. The van der Waals surface area contributed by atoms with Crippen molar-refractivity contribution in [1.29, 1.82) is 0 Å². The Morgan fingerprint density at radius 1 is 1.19 bits per heavy atom. The third-order valence-corrected chi connectivity index (χ3v) is 5.55. The number of fused-ring (bicyclic) bond motifs is 2. The highest BCUT2D eigenvalue weighted by atomic mass is 19.2. The van der Waals surface area contributed by atoms with Crippen molar-refractivity contribution in [3.05, 3.63) is 34.9 Å². The Labute approximate surface area is 126 Å². The zero-order valence-electron chi connectivity index (χ0n) is 13.0. The van der Waals surface area contributed by atoms with Crippen LogP contribution in [0.3, 0.4) is 0 Å². The summed E-state index contributed by atoms with van der Waals surface area (Å²) in [6, 6.07) is 3.39. The van der Waals surface area contributed by atoms with Gasteiger partial charge in [0.2, 0.25) is 0 Å². The number of hydrogen-bond donors (Lipinski definition) is 1. The second-order valence-electron chi connectivity index (χ2n) is 6.88. The SMILES string of the molecule is CCNC(CC1CC2CCC1C2)c1ccc(C)c(F)c1F. The highest BCUT2D eigenvalue weighted by Crippen LogP contribution is 2.51. The molecule has 0 heterocycles. The molecule has 1 aromatic carbocycles. The van der Waals surface area contributed by atoms with Crippen LogP contribution in [0, 0.1) is 36.3 Å². The summed E-state index contributed by atoms with van der Waals surface area (Å²) < 4.78 is 28.1. The summed E-state index contributed by atoms with van der Waals surface area (Å²) in [5.74, 6) is 1.03. The second-order valence-corrected chi connectivity index (χ2v) is 6.88. The smallest absolute Gasteiger partial charge is 0.163 e. The lowest BCUT2D eigenvalue weighted by Crippen LogP contribution is -2.26. The van der Waals surface area contributed by atoms with Crippen molar-refractivity contribution in [3.63, 3.8) is 0 Å². The second kappa shape index (κ2) is 6.04. The normalized spacial score (nSPS) is 29.0. The summed E-state index contributed by atoms with van der Waals surface area (Å²) in [7, 11) is 0. The van der Waals surface area contributed by atoms with Crippen LogP contribution in [0.15, 0.2) is 12.1 Å². The zero-order valence-corrected chi connectivity index (χ0v) is 13.0. The molecule has 1 aromatic rings. The lowest BCUT2D eigenvalue weighted by atomic mass is 9.82. The maximum Gasteiger partial charge on any atom is 0.163 e. The molecular weight excluding hydrogens is 268 g/mol. The molecule has 4 atom stereocenters. The summed E-state index contributed by atoms with van der Waals surface area (Å²) in [6.07, 6.45) is 6.28. The number of aryl methyl sites for hydroxylation is 1. The van der Waals surface area contributed by atoms with E-state index in [0.29, 0.717) is 17.0 Å². The van der Waals surface area contributed by atoms with E-state index in [1.807, 2.05) is 6.92 Å². The first-order valence-corrected chi connectivity index (χ1v) is 8.28. The molecule has 0 spiro atoms. The molecule has 0 amide bonds. The predicted octanol–water partition coefficient (Wildman–Crippen LogP) is 4.75. The van der Waals surface area contributed by atoms with E-state index in [2.05, 4.69) is 5.32 Å². The zero-order chi connectivity index (χ0) is 15.0. The number of hydrogen-bond acceptors (Lipinski definition) is 1. The summed E-state index contributed by atoms with van der Waals surface area (Å²) in [6.45, 7) is 4.41. The van der Waals surface area contributed by atoms with Crippen molar-refractivity contribution < 1.29 is 8.78 Å². The van der Waals surface area contributed by atoms with Gasteiger partial charge in [-0.1, -0.05) is 25.5 Å². The van der Waals surface area contributed by atoms with E-state index in [9.17, 15) is 8.78 Å². The van der Waals surface area contributed by atoms with Crippen molar-refractivity contribution >= 4 is 0 Å². The van der Waals surface area contributed by atoms with Gasteiger partial charge in [0.05, 0.1) is 0 Å². The Bertz CT molecular complexity index is 514. The number of benzene rings is 1. The Morgan fingerprint density at radius 2 is 2.00 bits per heavy atom. The van der Waals surface area contributed by atoms with Gasteiger partial charge < -0.3 is 5.32 Å². The van der Waals surface area contributed by atoms with E-state index < -0.39 is 11.6 Å². The monoisotopic (exact) mass is 293 g/mol. The number of nitrogens with one attached hydrogen (secondary N) is 1. The van der Waals surface area contributed by atoms with Gasteiger partial charge in [0, 0.05) is 11.6 Å². The summed E-state index contributed by atoms with van der Waals surface area (Å²) >= 11 is 0. The lowest BCUT2D eigenvalue weighted by Gasteiger charge is -2.28. The summed E-state index contributed by atoms with van der Waals surface area (Å²) in [4.78, 5) is 0. The molecule has 3 heteroatoms. The molecule has 2 aliphatic carbocycles. The third-order valence-electron chi connectivity index (χ3n) is 5.55. The molecule has 0 saturated heterocycles. The molecule has 116 valence electrons. The maximum atomic E-state index is 14.3. The molecule has 2 bridgehead atoms. The average molecular weight is 293 g/mol. The minimum Gasteiger partial charge on any atom is -0.310 e. The van der Waals surface area contributed by atoms with Crippen molar-refractivity contribution in [2.24, 2.45) is 17.8 Å². The highest BCUT2D eigenvalue weighted by molar-refractivity contribution is 5.28. The average Bonchev–Trinajstić information content (AvgIpc) is 3.07. The molecule has 1 N–H and O–H groups in total. The van der Waals surface area contributed by atoms with E-state index in [-0.39, 0.29) is 6.04 Å². The fourth-order valence-electron chi connectivity index (χ4n) is 4.46. The van der Waals surface area contributed by atoms with Gasteiger partial charge in [0.1, 0.15) is 0 Å². The van der Waals surface area contributed by atoms with Crippen molar-refractivity contribution in [1.82, 2.24) is 5.32 Å². The highest BCUT2D eigenvalue weighted by Gasteiger charge is 2.40. The van der Waals surface area contributed by atoms with E-state index in [4.69, 9.17) is 0 Å². The molecule has 21 heavy (non-hydrogen) atoms. The Morgan fingerprint density at radius 3 is 2.62 bits per heavy atom. The van der Waals surface area contributed by atoms with Crippen LogP contribution in [-0.2, 0) is 0 Å². The molecule has 1 nitrogen and oxygen atoms in total. The van der Waals surface area contributed by atoms with Gasteiger partial charge in [0.15, 0.2) is 11.6 Å². The van der Waals surface area contributed by atoms with Gasteiger partial charge in [-0.2, -0.15) is 0 Å². The fourth-order valence-corrected chi connectivity index (χ4v) is 4.46. The summed E-state index contributed by atoms with van der Waals surface area (Å²) in [5, 5.41) is 3.37. The van der Waals surface area contributed by atoms with Gasteiger partial charge in [-0.3, -0.25) is 0 Å². The Hall–Kier alpha value is -0.960. The van der Waals surface area contributed by atoms with Gasteiger partial charge in [-0.25, -0.2) is 8.78 Å². The standard InChI is InChI=1S/C18H25F2N/c1-3-21-16(10-14-9-12-5-6-13(14)8-12)15-7-4-11(2)17(19)18(15)20/h4,7,12-14,16,21H,3,5-6,8-10H2,1-2H3. The van der Waals surface area contributed by atoms with Crippen LogP contribution in [0.25, 0.3) is 0 Å². The van der Waals surface area contributed by atoms with Gasteiger partial charge in [-0.15, -0.1) is 0 Å².